The third kappa shape index (κ3) is 5.51. The van der Waals surface area contributed by atoms with Crippen LogP contribution in [0.2, 0.25) is 0 Å². The summed E-state index contributed by atoms with van der Waals surface area (Å²) in [7, 11) is 0. The summed E-state index contributed by atoms with van der Waals surface area (Å²) in [5.74, 6) is -0.427. The lowest BCUT2D eigenvalue weighted by molar-refractivity contribution is -0.122. The number of morpholine rings is 1. The zero-order valence-electron chi connectivity index (χ0n) is 18.2. The molecular formula is C25H31N3O3. The van der Waals surface area contributed by atoms with Crippen molar-refractivity contribution in [3.8, 4) is 0 Å². The van der Waals surface area contributed by atoms with Crippen LogP contribution in [0.4, 0.5) is 11.4 Å². The molecule has 6 nitrogen and oxygen atoms in total. The molecule has 0 bridgehead atoms. The Labute approximate surface area is 184 Å². The summed E-state index contributed by atoms with van der Waals surface area (Å²) in [6, 6.07) is 16.0. The van der Waals surface area contributed by atoms with Crippen molar-refractivity contribution in [2.75, 3.05) is 49.6 Å². The number of rotatable bonds is 7. The van der Waals surface area contributed by atoms with Crippen LogP contribution in [0, 0.1) is 5.92 Å². The van der Waals surface area contributed by atoms with Crippen LogP contribution < -0.4 is 10.2 Å². The third-order valence-corrected chi connectivity index (χ3v) is 6.19. The molecule has 0 aromatic heterocycles. The average Bonchev–Trinajstić information content (AvgIpc) is 3.21. The molecule has 0 radical (unpaired) electrons. The molecule has 164 valence electrons. The van der Waals surface area contributed by atoms with Gasteiger partial charge in [0, 0.05) is 44.0 Å². The molecule has 31 heavy (non-hydrogen) atoms. The van der Waals surface area contributed by atoms with Crippen molar-refractivity contribution in [1.29, 1.82) is 0 Å². The minimum atomic E-state index is -0.334. The quantitative estimate of drug-likeness (QED) is 0.746. The van der Waals surface area contributed by atoms with Crippen LogP contribution in [-0.2, 0) is 27.2 Å². The Balaban J connectivity index is 1.29. The predicted molar refractivity (Wildman–Crippen MR) is 122 cm³/mol. The van der Waals surface area contributed by atoms with Crippen molar-refractivity contribution in [1.82, 2.24) is 4.90 Å². The van der Waals surface area contributed by atoms with Crippen LogP contribution in [0.25, 0.3) is 0 Å². The number of hydrogen-bond acceptors (Lipinski definition) is 4. The molecule has 1 atom stereocenters. The van der Waals surface area contributed by atoms with E-state index in [1.165, 1.54) is 11.1 Å². The fourth-order valence-corrected chi connectivity index (χ4v) is 4.16. The van der Waals surface area contributed by atoms with E-state index in [-0.39, 0.29) is 24.2 Å². The molecule has 2 amide bonds. The number of carbonyl (C=O) groups is 2. The minimum Gasteiger partial charge on any atom is -0.379 e. The van der Waals surface area contributed by atoms with E-state index < -0.39 is 0 Å². The van der Waals surface area contributed by atoms with Gasteiger partial charge in [0.15, 0.2) is 0 Å². The lowest BCUT2D eigenvalue weighted by Gasteiger charge is -2.26. The van der Waals surface area contributed by atoms with Gasteiger partial charge in [0.05, 0.1) is 19.1 Å². The number of amides is 2. The lowest BCUT2D eigenvalue weighted by Crippen LogP contribution is -2.37. The molecule has 2 heterocycles. The van der Waals surface area contributed by atoms with Gasteiger partial charge < -0.3 is 15.0 Å². The normalized spacial score (nSPS) is 19.6. The Hall–Kier alpha value is -2.70. The second-order valence-corrected chi connectivity index (χ2v) is 8.32. The first-order chi connectivity index (χ1) is 15.1. The van der Waals surface area contributed by atoms with Crippen molar-refractivity contribution in [2.24, 2.45) is 5.92 Å². The maximum absolute atomic E-state index is 12.7. The highest BCUT2D eigenvalue weighted by Gasteiger charge is 2.35. The second-order valence-electron chi connectivity index (χ2n) is 8.32. The van der Waals surface area contributed by atoms with Gasteiger partial charge in [0.2, 0.25) is 11.8 Å². The molecule has 2 aliphatic heterocycles. The van der Waals surface area contributed by atoms with E-state index in [9.17, 15) is 9.59 Å². The van der Waals surface area contributed by atoms with Crippen molar-refractivity contribution in [2.45, 2.75) is 26.2 Å². The zero-order valence-corrected chi connectivity index (χ0v) is 18.2. The molecule has 1 unspecified atom stereocenters. The average molecular weight is 422 g/mol. The number of carbonyl (C=O) groups excluding carboxylic acids is 2. The number of nitrogens with one attached hydrogen (secondary N) is 1. The first-order valence-corrected chi connectivity index (χ1v) is 11.2. The minimum absolute atomic E-state index is 0.00265. The fraction of sp³-hybridized carbons (Fsp3) is 0.440. The zero-order chi connectivity index (χ0) is 21.6. The molecule has 2 fully saturated rings. The standard InChI is InChI=1S/C25H31N3O3/c1-2-19-5-9-23(10-6-19)28-18-21(17-24(28)29)25(30)26-22-7-3-20(4-8-22)11-12-27-13-15-31-16-14-27/h3-10,21H,2,11-18H2,1H3,(H,26,30). The molecular weight excluding hydrogens is 390 g/mol. The van der Waals surface area contributed by atoms with Crippen LogP contribution in [0.1, 0.15) is 24.5 Å². The monoisotopic (exact) mass is 421 g/mol. The first-order valence-electron chi connectivity index (χ1n) is 11.2. The molecule has 0 spiro atoms. The van der Waals surface area contributed by atoms with Gasteiger partial charge in [-0.25, -0.2) is 0 Å². The van der Waals surface area contributed by atoms with Crippen molar-refractivity contribution in [3.05, 3.63) is 59.7 Å². The van der Waals surface area contributed by atoms with Gasteiger partial charge in [0.1, 0.15) is 0 Å². The largest absolute Gasteiger partial charge is 0.379 e. The number of hydrogen-bond donors (Lipinski definition) is 1. The van der Waals surface area contributed by atoms with Gasteiger partial charge in [0.25, 0.3) is 0 Å². The number of benzene rings is 2. The number of ether oxygens (including phenoxy) is 1. The molecule has 4 rings (SSSR count). The molecule has 0 aliphatic carbocycles. The van der Waals surface area contributed by atoms with E-state index in [0.29, 0.717) is 6.54 Å². The molecule has 0 saturated carbocycles. The van der Waals surface area contributed by atoms with Gasteiger partial charge >= 0.3 is 0 Å². The van der Waals surface area contributed by atoms with Crippen LogP contribution in [-0.4, -0.2) is 56.1 Å². The summed E-state index contributed by atoms with van der Waals surface area (Å²) < 4.78 is 5.39. The highest BCUT2D eigenvalue weighted by molar-refractivity contribution is 6.03. The number of nitrogens with zero attached hydrogens (tertiary/aromatic N) is 2. The number of aryl methyl sites for hydroxylation is 1. The maximum Gasteiger partial charge on any atom is 0.229 e. The van der Waals surface area contributed by atoms with E-state index in [0.717, 1.165) is 57.1 Å². The van der Waals surface area contributed by atoms with Crippen molar-refractivity contribution < 1.29 is 14.3 Å². The smallest absolute Gasteiger partial charge is 0.229 e. The Morgan fingerprint density at radius 2 is 1.71 bits per heavy atom. The molecule has 2 aromatic rings. The molecule has 6 heteroatoms. The van der Waals surface area contributed by atoms with E-state index >= 15 is 0 Å². The summed E-state index contributed by atoms with van der Waals surface area (Å²) in [4.78, 5) is 29.4. The topological polar surface area (TPSA) is 61.9 Å². The van der Waals surface area contributed by atoms with E-state index in [2.05, 4.69) is 29.3 Å². The van der Waals surface area contributed by atoms with Crippen LogP contribution in [0.3, 0.4) is 0 Å². The summed E-state index contributed by atoms with van der Waals surface area (Å²) in [6.45, 7) is 7.17. The summed E-state index contributed by atoms with van der Waals surface area (Å²) in [5.41, 5.74) is 4.13. The molecule has 1 N–H and O–H groups in total. The second kappa shape index (κ2) is 10.1. The van der Waals surface area contributed by atoms with E-state index in [1.54, 1.807) is 4.90 Å². The summed E-state index contributed by atoms with van der Waals surface area (Å²) in [5, 5.41) is 2.98. The predicted octanol–water partition coefficient (Wildman–Crippen LogP) is 3.12. The SMILES string of the molecule is CCc1ccc(N2CC(C(=O)Nc3ccc(CCN4CCOCC4)cc3)CC2=O)cc1. The van der Waals surface area contributed by atoms with Gasteiger partial charge in [-0.15, -0.1) is 0 Å². The Morgan fingerprint density at radius 3 is 2.39 bits per heavy atom. The Morgan fingerprint density at radius 1 is 1.03 bits per heavy atom. The van der Waals surface area contributed by atoms with Gasteiger partial charge in [-0.3, -0.25) is 14.5 Å². The van der Waals surface area contributed by atoms with E-state index in [4.69, 9.17) is 4.74 Å². The summed E-state index contributed by atoms with van der Waals surface area (Å²) >= 11 is 0. The van der Waals surface area contributed by atoms with Crippen molar-refractivity contribution in [3.63, 3.8) is 0 Å². The highest BCUT2D eigenvalue weighted by Crippen LogP contribution is 2.26. The maximum atomic E-state index is 12.7. The molecule has 2 aromatic carbocycles. The van der Waals surface area contributed by atoms with Crippen LogP contribution in [0.5, 0.6) is 0 Å². The summed E-state index contributed by atoms with van der Waals surface area (Å²) in [6.07, 6.45) is 2.20. The Bertz CT molecular complexity index is 889. The highest BCUT2D eigenvalue weighted by atomic mass is 16.5. The van der Waals surface area contributed by atoms with Crippen LogP contribution in [0.15, 0.2) is 48.5 Å². The number of anilines is 2. The first kappa shape index (κ1) is 21.5. The van der Waals surface area contributed by atoms with E-state index in [1.807, 2.05) is 36.4 Å². The molecule has 2 aliphatic rings. The van der Waals surface area contributed by atoms with Gasteiger partial charge in [-0.05, 0) is 48.2 Å². The van der Waals surface area contributed by atoms with Crippen LogP contribution >= 0.6 is 0 Å². The van der Waals surface area contributed by atoms with Gasteiger partial charge in [-0.1, -0.05) is 31.2 Å². The lowest BCUT2D eigenvalue weighted by atomic mass is 10.1. The fourth-order valence-electron chi connectivity index (χ4n) is 4.16. The van der Waals surface area contributed by atoms with Crippen molar-refractivity contribution >= 4 is 23.2 Å². The van der Waals surface area contributed by atoms with Gasteiger partial charge in [-0.2, -0.15) is 0 Å². The Kier molecular flexibility index (Phi) is 6.99. The molecule has 2 saturated heterocycles. The third-order valence-electron chi connectivity index (χ3n) is 6.19.